The monoisotopic (exact) mass is 289 g/mol. The molecule has 4 atom stereocenters. The van der Waals surface area contributed by atoms with Crippen molar-refractivity contribution in [3.63, 3.8) is 0 Å². The molecule has 0 unspecified atom stereocenters. The fraction of sp³-hybridized carbons (Fsp3) is 0.857. The van der Waals surface area contributed by atoms with Crippen molar-refractivity contribution in [1.82, 2.24) is 0 Å². The summed E-state index contributed by atoms with van der Waals surface area (Å²) in [6.45, 7) is 7.11. The molecule has 118 valence electrons. The first-order chi connectivity index (χ1) is 9.07. The highest BCUT2D eigenvalue weighted by molar-refractivity contribution is 5.70. The maximum atomic E-state index is 11.1. The Balaban J connectivity index is 4.64. The Bertz CT molecular complexity index is 298. The maximum absolute atomic E-state index is 11.1. The molecule has 0 rings (SSSR count). The molecule has 0 saturated carbocycles. The third kappa shape index (κ3) is 5.88. The largest absolute Gasteiger partial charge is 0.481 e. The minimum absolute atomic E-state index is 0.0403. The van der Waals surface area contributed by atoms with Crippen LogP contribution in [0.1, 0.15) is 40.5 Å². The lowest BCUT2D eigenvalue weighted by molar-refractivity contribution is -0.146. The van der Waals surface area contributed by atoms with Crippen molar-refractivity contribution in [2.45, 2.75) is 52.7 Å². The summed E-state index contributed by atoms with van der Waals surface area (Å²) in [5, 5.41) is 28.2. The number of hydrogen-bond acceptors (Lipinski definition) is 4. The van der Waals surface area contributed by atoms with E-state index in [9.17, 15) is 14.7 Å². The van der Waals surface area contributed by atoms with Crippen LogP contribution in [0.3, 0.4) is 0 Å². The van der Waals surface area contributed by atoms with E-state index in [0.29, 0.717) is 0 Å². The van der Waals surface area contributed by atoms with E-state index >= 15 is 0 Å². The molecule has 5 N–H and O–H groups in total. The molecule has 0 aliphatic carbocycles. The van der Waals surface area contributed by atoms with Gasteiger partial charge in [-0.15, -0.1) is 0 Å². The molecule has 0 radical (unpaired) electrons. The van der Waals surface area contributed by atoms with Crippen molar-refractivity contribution in [3.05, 3.63) is 0 Å². The van der Waals surface area contributed by atoms with Crippen LogP contribution in [0, 0.1) is 23.7 Å². The molecule has 20 heavy (non-hydrogen) atoms. The molecular formula is C14H27NO5. The number of nitrogens with two attached hydrogens (primary N) is 1. The molecule has 0 amide bonds. The van der Waals surface area contributed by atoms with Crippen molar-refractivity contribution in [2.75, 3.05) is 0 Å². The molecule has 0 aliphatic heterocycles. The van der Waals surface area contributed by atoms with Crippen molar-refractivity contribution in [2.24, 2.45) is 29.4 Å². The summed E-state index contributed by atoms with van der Waals surface area (Å²) in [6.07, 6.45) is -0.837. The SMILES string of the molecule is CC(C)[C@H](C[C@H](N)[C@@H](O)C[C@H](C(=O)O)C(C)C)C(=O)O. The van der Waals surface area contributed by atoms with Crippen molar-refractivity contribution >= 4 is 11.9 Å². The van der Waals surface area contributed by atoms with Crippen molar-refractivity contribution in [3.8, 4) is 0 Å². The van der Waals surface area contributed by atoms with Crippen LogP contribution in [0.5, 0.6) is 0 Å². The number of aliphatic hydroxyl groups is 1. The van der Waals surface area contributed by atoms with Crippen LogP contribution in [0.15, 0.2) is 0 Å². The highest BCUT2D eigenvalue weighted by Gasteiger charge is 2.31. The lowest BCUT2D eigenvalue weighted by Gasteiger charge is -2.27. The first-order valence-electron chi connectivity index (χ1n) is 6.97. The zero-order valence-corrected chi connectivity index (χ0v) is 12.6. The highest BCUT2D eigenvalue weighted by Crippen LogP contribution is 2.23. The van der Waals surface area contributed by atoms with Crippen LogP contribution in [0.25, 0.3) is 0 Å². The summed E-state index contributed by atoms with van der Waals surface area (Å²) in [5.41, 5.74) is 5.84. The van der Waals surface area contributed by atoms with Gasteiger partial charge in [0.05, 0.1) is 17.9 Å². The van der Waals surface area contributed by atoms with Crippen molar-refractivity contribution in [1.29, 1.82) is 0 Å². The number of carbonyl (C=O) groups is 2. The number of hydrogen-bond donors (Lipinski definition) is 4. The molecule has 6 nitrogen and oxygen atoms in total. The Kier molecular flexibility index (Phi) is 7.75. The zero-order chi connectivity index (χ0) is 16.0. The standard InChI is InChI=1S/C14H27NO5/c1-7(2)9(13(17)18)5-11(15)12(16)6-10(8(3)4)14(19)20/h7-12,16H,5-6,15H2,1-4H3,(H,17,18)(H,19,20)/t9-,10-,11-,12-/m0/s1. The summed E-state index contributed by atoms with van der Waals surface area (Å²) in [5.74, 6) is -3.44. The minimum atomic E-state index is -1.01. The minimum Gasteiger partial charge on any atom is -0.481 e. The first-order valence-corrected chi connectivity index (χ1v) is 6.97. The van der Waals surface area contributed by atoms with E-state index in [0.717, 1.165) is 0 Å². The number of carboxylic acids is 2. The first kappa shape index (κ1) is 18.9. The molecule has 6 heteroatoms. The van der Waals surface area contributed by atoms with E-state index in [2.05, 4.69) is 0 Å². The topological polar surface area (TPSA) is 121 Å². The van der Waals surface area contributed by atoms with Crippen LogP contribution in [0.2, 0.25) is 0 Å². The summed E-state index contributed by atoms with van der Waals surface area (Å²) in [7, 11) is 0. The second-order valence-electron chi connectivity index (χ2n) is 6.08. The lowest BCUT2D eigenvalue weighted by atomic mass is 9.83. The molecule has 0 bridgehead atoms. The average molecular weight is 289 g/mol. The molecule has 0 aromatic carbocycles. The second-order valence-corrected chi connectivity index (χ2v) is 6.08. The van der Waals surface area contributed by atoms with Gasteiger partial charge in [-0.3, -0.25) is 9.59 Å². The zero-order valence-electron chi connectivity index (χ0n) is 12.6. The number of rotatable bonds is 9. The third-order valence-corrected chi connectivity index (χ3v) is 3.76. The van der Waals surface area contributed by atoms with Gasteiger partial charge in [-0.05, 0) is 24.7 Å². The molecular weight excluding hydrogens is 262 g/mol. The predicted molar refractivity (Wildman–Crippen MR) is 75.1 cm³/mol. The van der Waals surface area contributed by atoms with Gasteiger partial charge in [-0.2, -0.15) is 0 Å². The molecule has 0 fully saturated rings. The van der Waals surface area contributed by atoms with Crippen LogP contribution >= 0.6 is 0 Å². The van der Waals surface area contributed by atoms with Gasteiger partial charge in [0.2, 0.25) is 0 Å². The smallest absolute Gasteiger partial charge is 0.306 e. The van der Waals surface area contributed by atoms with Gasteiger partial charge < -0.3 is 21.1 Å². The van der Waals surface area contributed by atoms with Crippen LogP contribution in [-0.4, -0.2) is 39.4 Å². The van der Waals surface area contributed by atoms with E-state index < -0.39 is 35.9 Å². The fourth-order valence-corrected chi connectivity index (χ4v) is 2.20. The highest BCUT2D eigenvalue weighted by atomic mass is 16.4. The Hall–Kier alpha value is -1.14. The molecule has 0 aliphatic rings. The maximum Gasteiger partial charge on any atom is 0.306 e. The van der Waals surface area contributed by atoms with E-state index in [4.69, 9.17) is 15.9 Å². The Morgan fingerprint density at radius 3 is 1.55 bits per heavy atom. The molecule has 0 saturated heterocycles. The summed E-state index contributed by atoms with van der Waals surface area (Å²) in [4.78, 5) is 22.2. The Labute approximate surface area is 120 Å². The average Bonchev–Trinajstić information content (AvgIpc) is 2.30. The van der Waals surface area contributed by atoms with E-state index in [1.165, 1.54) is 0 Å². The normalized spacial score (nSPS) is 17.8. The van der Waals surface area contributed by atoms with Gasteiger partial charge in [-0.25, -0.2) is 0 Å². The lowest BCUT2D eigenvalue weighted by Crippen LogP contribution is -2.41. The summed E-state index contributed by atoms with van der Waals surface area (Å²) < 4.78 is 0. The van der Waals surface area contributed by atoms with Crippen LogP contribution in [0.4, 0.5) is 0 Å². The second kappa shape index (κ2) is 8.21. The van der Waals surface area contributed by atoms with Gasteiger partial charge in [0.15, 0.2) is 0 Å². The number of carboxylic acid groups (broad SMARTS) is 2. The van der Waals surface area contributed by atoms with Gasteiger partial charge in [-0.1, -0.05) is 27.7 Å². The molecule has 0 heterocycles. The van der Waals surface area contributed by atoms with Gasteiger partial charge in [0, 0.05) is 6.04 Å². The van der Waals surface area contributed by atoms with E-state index in [1.54, 1.807) is 27.7 Å². The molecule has 0 spiro atoms. The summed E-state index contributed by atoms with van der Waals surface area (Å²) in [6, 6.07) is -0.737. The van der Waals surface area contributed by atoms with Crippen molar-refractivity contribution < 1.29 is 24.9 Å². The predicted octanol–water partition coefficient (Wildman–Crippen LogP) is 1.17. The van der Waals surface area contributed by atoms with E-state index in [-0.39, 0.29) is 24.7 Å². The van der Waals surface area contributed by atoms with Crippen LogP contribution in [-0.2, 0) is 9.59 Å². The third-order valence-electron chi connectivity index (χ3n) is 3.76. The number of aliphatic carboxylic acids is 2. The number of aliphatic hydroxyl groups excluding tert-OH is 1. The Morgan fingerprint density at radius 2 is 1.25 bits per heavy atom. The van der Waals surface area contributed by atoms with Crippen LogP contribution < -0.4 is 5.73 Å². The van der Waals surface area contributed by atoms with Gasteiger partial charge in [0.25, 0.3) is 0 Å². The quantitative estimate of drug-likeness (QED) is 0.505. The molecule has 0 aromatic heterocycles. The summed E-state index contributed by atoms with van der Waals surface area (Å²) >= 11 is 0. The van der Waals surface area contributed by atoms with Gasteiger partial charge >= 0.3 is 11.9 Å². The Morgan fingerprint density at radius 1 is 0.900 bits per heavy atom. The van der Waals surface area contributed by atoms with E-state index in [1.807, 2.05) is 0 Å². The fourth-order valence-electron chi connectivity index (χ4n) is 2.20. The van der Waals surface area contributed by atoms with Gasteiger partial charge in [0.1, 0.15) is 0 Å². The molecule has 0 aromatic rings.